The van der Waals surface area contributed by atoms with Crippen molar-refractivity contribution in [1.29, 1.82) is 0 Å². The van der Waals surface area contributed by atoms with Gasteiger partial charge in [-0.1, -0.05) is 6.07 Å². The Hall–Kier alpha value is -2.50. The van der Waals surface area contributed by atoms with Gasteiger partial charge >= 0.3 is 0 Å². The van der Waals surface area contributed by atoms with Crippen molar-refractivity contribution in [1.82, 2.24) is 24.7 Å². The van der Waals surface area contributed by atoms with Crippen molar-refractivity contribution in [2.24, 2.45) is 0 Å². The Kier molecular flexibility index (Phi) is 2.01. The largest absolute Gasteiger partial charge is 0.383 e. The Labute approximate surface area is 97.1 Å². The quantitative estimate of drug-likeness (QED) is 0.671. The van der Waals surface area contributed by atoms with Crippen LogP contribution in [0.1, 0.15) is 5.69 Å². The molecule has 6 nitrogen and oxygen atoms in total. The van der Waals surface area contributed by atoms with Gasteiger partial charge in [-0.05, 0) is 19.1 Å². The summed E-state index contributed by atoms with van der Waals surface area (Å²) in [6, 6.07) is 5.62. The first kappa shape index (κ1) is 9.71. The van der Waals surface area contributed by atoms with Crippen LogP contribution in [0.4, 0.5) is 5.82 Å². The molecule has 0 amide bonds. The summed E-state index contributed by atoms with van der Waals surface area (Å²) in [5.74, 6) is 1.15. The molecule has 0 spiro atoms. The lowest BCUT2D eigenvalue weighted by Crippen LogP contribution is -2.00. The highest BCUT2D eigenvalue weighted by Crippen LogP contribution is 2.22. The summed E-state index contributed by atoms with van der Waals surface area (Å²) in [6.45, 7) is 1.88. The zero-order valence-corrected chi connectivity index (χ0v) is 9.20. The van der Waals surface area contributed by atoms with Crippen LogP contribution in [0.15, 0.2) is 30.7 Å². The molecule has 0 aliphatic rings. The van der Waals surface area contributed by atoms with E-state index in [1.807, 2.05) is 25.1 Å². The number of fused-ring (bicyclic) bond motifs is 1. The molecule has 0 fully saturated rings. The van der Waals surface area contributed by atoms with Crippen LogP contribution >= 0.6 is 0 Å². The summed E-state index contributed by atoms with van der Waals surface area (Å²) in [5.41, 5.74) is 7.29. The predicted octanol–water partition coefficient (Wildman–Crippen LogP) is 1.10. The molecular formula is C11H10N6. The maximum atomic E-state index is 5.82. The topological polar surface area (TPSA) is 82.5 Å². The van der Waals surface area contributed by atoms with E-state index in [-0.39, 0.29) is 0 Å². The van der Waals surface area contributed by atoms with Crippen molar-refractivity contribution in [2.75, 3.05) is 5.73 Å². The molecule has 0 radical (unpaired) electrons. The third-order valence-corrected chi connectivity index (χ3v) is 2.54. The number of aryl methyl sites for hydroxylation is 1. The third-order valence-electron chi connectivity index (χ3n) is 2.54. The molecular weight excluding hydrogens is 216 g/mol. The van der Waals surface area contributed by atoms with E-state index >= 15 is 0 Å². The number of hydrogen-bond donors (Lipinski definition) is 1. The molecule has 3 aromatic heterocycles. The Balaban J connectivity index is 2.36. The molecule has 84 valence electrons. The Bertz CT molecular complexity index is 673. The Morgan fingerprint density at radius 1 is 1.18 bits per heavy atom. The van der Waals surface area contributed by atoms with Gasteiger partial charge in [0, 0.05) is 6.20 Å². The highest BCUT2D eigenvalue weighted by molar-refractivity contribution is 5.88. The van der Waals surface area contributed by atoms with Gasteiger partial charge in [0.05, 0.1) is 11.1 Å². The molecule has 0 atom stereocenters. The molecule has 3 heterocycles. The van der Waals surface area contributed by atoms with Crippen LogP contribution in [0.5, 0.6) is 0 Å². The van der Waals surface area contributed by atoms with Gasteiger partial charge in [-0.2, -0.15) is 9.78 Å². The maximum Gasteiger partial charge on any atom is 0.170 e. The van der Waals surface area contributed by atoms with E-state index in [2.05, 4.69) is 20.1 Å². The lowest BCUT2D eigenvalue weighted by atomic mass is 10.3. The second kappa shape index (κ2) is 3.51. The minimum absolute atomic E-state index is 0.440. The summed E-state index contributed by atoms with van der Waals surface area (Å²) >= 11 is 0. The predicted molar refractivity (Wildman–Crippen MR) is 63.6 cm³/mol. The summed E-state index contributed by atoms with van der Waals surface area (Å²) in [6.07, 6.45) is 3.14. The fraction of sp³-hybridized carbons (Fsp3) is 0.0909. The average molecular weight is 226 g/mol. The van der Waals surface area contributed by atoms with Gasteiger partial charge in [0.1, 0.15) is 12.1 Å². The molecule has 0 saturated carbocycles. The van der Waals surface area contributed by atoms with E-state index in [0.717, 1.165) is 11.1 Å². The molecule has 2 N–H and O–H groups in total. The summed E-state index contributed by atoms with van der Waals surface area (Å²) < 4.78 is 1.67. The van der Waals surface area contributed by atoms with Crippen LogP contribution < -0.4 is 5.73 Å². The van der Waals surface area contributed by atoms with Crippen molar-refractivity contribution < 1.29 is 0 Å². The lowest BCUT2D eigenvalue weighted by Gasteiger charge is -2.00. The zero-order chi connectivity index (χ0) is 11.8. The van der Waals surface area contributed by atoms with Gasteiger partial charge in [0.25, 0.3) is 0 Å². The van der Waals surface area contributed by atoms with E-state index in [1.165, 1.54) is 6.33 Å². The van der Waals surface area contributed by atoms with Gasteiger partial charge in [-0.3, -0.25) is 0 Å². The van der Waals surface area contributed by atoms with Crippen LogP contribution in [0, 0.1) is 6.92 Å². The molecule has 0 bridgehead atoms. The van der Waals surface area contributed by atoms with Gasteiger partial charge in [0.15, 0.2) is 11.5 Å². The standard InChI is InChI=1S/C11H10N6/c1-7-9-10(12)14-6-15-11(9)17(16-7)8-4-2-3-5-13-8/h2-6H,1H3,(H2,12,14,15). The molecule has 3 aromatic rings. The highest BCUT2D eigenvalue weighted by atomic mass is 15.3. The fourth-order valence-corrected chi connectivity index (χ4v) is 1.78. The number of nitrogen functional groups attached to an aromatic ring is 1. The Morgan fingerprint density at radius 2 is 2.06 bits per heavy atom. The first-order valence-electron chi connectivity index (χ1n) is 5.14. The molecule has 0 unspecified atom stereocenters. The lowest BCUT2D eigenvalue weighted by molar-refractivity contribution is 0.846. The first-order valence-corrected chi connectivity index (χ1v) is 5.14. The van der Waals surface area contributed by atoms with Crippen LogP contribution in [0.2, 0.25) is 0 Å². The normalized spacial score (nSPS) is 10.9. The van der Waals surface area contributed by atoms with Crippen molar-refractivity contribution >= 4 is 16.9 Å². The summed E-state index contributed by atoms with van der Waals surface area (Å²) in [4.78, 5) is 12.4. The molecule has 0 aliphatic carbocycles. The van der Waals surface area contributed by atoms with Crippen molar-refractivity contribution in [3.8, 4) is 5.82 Å². The number of pyridine rings is 1. The van der Waals surface area contributed by atoms with E-state index in [1.54, 1.807) is 10.9 Å². The molecule has 0 aliphatic heterocycles. The molecule has 0 saturated heterocycles. The second-order valence-electron chi connectivity index (χ2n) is 3.64. The molecule has 6 heteroatoms. The van der Waals surface area contributed by atoms with E-state index in [4.69, 9.17) is 5.73 Å². The van der Waals surface area contributed by atoms with Gasteiger partial charge in [0.2, 0.25) is 0 Å². The second-order valence-corrected chi connectivity index (χ2v) is 3.64. The maximum absolute atomic E-state index is 5.82. The average Bonchev–Trinajstić information content (AvgIpc) is 2.69. The number of nitrogens with zero attached hydrogens (tertiary/aromatic N) is 5. The van der Waals surface area contributed by atoms with Crippen molar-refractivity contribution in [3.63, 3.8) is 0 Å². The smallest absolute Gasteiger partial charge is 0.170 e. The van der Waals surface area contributed by atoms with Crippen LogP contribution in [0.25, 0.3) is 16.9 Å². The number of rotatable bonds is 1. The van der Waals surface area contributed by atoms with Crippen LogP contribution in [-0.4, -0.2) is 24.7 Å². The molecule has 0 aromatic carbocycles. The fourth-order valence-electron chi connectivity index (χ4n) is 1.78. The van der Waals surface area contributed by atoms with Gasteiger partial charge in [-0.15, -0.1) is 0 Å². The number of anilines is 1. The van der Waals surface area contributed by atoms with Crippen molar-refractivity contribution in [2.45, 2.75) is 6.92 Å². The minimum Gasteiger partial charge on any atom is -0.383 e. The van der Waals surface area contributed by atoms with Gasteiger partial charge < -0.3 is 5.73 Å². The first-order chi connectivity index (χ1) is 8.27. The molecule has 3 rings (SSSR count). The monoisotopic (exact) mass is 226 g/mol. The SMILES string of the molecule is Cc1nn(-c2ccccn2)c2ncnc(N)c12. The van der Waals surface area contributed by atoms with Crippen molar-refractivity contribution in [3.05, 3.63) is 36.4 Å². The van der Waals surface area contributed by atoms with E-state index in [0.29, 0.717) is 17.3 Å². The highest BCUT2D eigenvalue weighted by Gasteiger charge is 2.13. The number of aromatic nitrogens is 5. The van der Waals surface area contributed by atoms with Crippen LogP contribution in [-0.2, 0) is 0 Å². The number of hydrogen-bond acceptors (Lipinski definition) is 5. The van der Waals surface area contributed by atoms with Crippen LogP contribution in [0.3, 0.4) is 0 Å². The van der Waals surface area contributed by atoms with Gasteiger partial charge in [-0.25, -0.2) is 15.0 Å². The van der Waals surface area contributed by atoms with E-state index in [9.17, 15) is 0 Å². The summed E-state index contributed by atoms with van der Waals surface area (Å²) in [7, 11) is 0. The number of nitrogens with two attached hydrogens (primary N) is 1. The Morgan fingerprint density at radius 3 is 2.82 bits per heavy atom. The minimum atomic E-state index is 0.440. The van der Waals surface area contributed by atoms with E-state index < -0.39 is 0 Å². The third kappa shape index (κ3) is 1.42. The summed E-state index contributed by atoms with van der Waals surface area (Å²) in [5, 5.41) is 5.17. The zero-order valence-electron chi connectivity index (χ0n) is 9.20. The molecule has 17 heavy (non-hydrogen) atoms.